The van der Waals surface area contributed by atoms with E-state index in [0.29, 0.717) is 18.5 Å². The number of carbonyl (C=O) groups excluding carboxylic acids is 1. The molecule has 3 aromatic rings. The molecule has 0 saturated carbocycles. The number of sulfonamides is 1. The Balaban J connectivity index is 1.44. The van der Waals surface area contributed by atoms with Gasteiger partial charge in [0.05, 0.1) is 10.6 Å². The van der Waals surface area contributed by atoms with Crippen LogP contribution >= 0.6 is 11.8 Å². The van der Waals surface area contributed by atoms with Gasteiger partial charge < -0.3 is 10.3 Å². The van der Waals surface area contributed by atoms with Gasteiger partial charge >= 0.3 is 6.03 Å². The molecule has 0 bridgehead atoms. The number of rotatable bonds is 10. The third-order valence-electron chi connectivity index (χ3n) is 6.06. The van der Waals surface area contributed by atoms with E-state index in [1.54, 1.807) is 30.0 Å². The molecule has 1 aliphatic rings. The number of carbonyl (C=O) groups is 1. The Hall–Kier alpha value is -2.78. The fourth-order valence-electron chi connectivity index (χ4n) is 4.11. The molecular weight excluding hydrogens is 492 g/mol. The number of hydrogen-bond donors (Lipinski definition) is 3. The maximum atomic E-state index is 13.1. The fraction of sp³-hybridized carbons (Fsp3) is 0.370. The molecule has 3 N–H and O–H groups in total. The van der Waals surface area contributed by atoms with Crippen molar-refractivity contribution < 1.29 is 13.2 Å². The van der Waals surface area contributed by atoms with Gasteiger partial charge in [-0.1, -0.05) is 69.2 Å². The third-order valence-corrected chi connectivity index (χ3v) is 8.43. The molecule has 2 amide bonds. The Kier molecular flexibility index (Phi) is 8.74. The smallest absolute Gasteiger partial charge is 0.328 e. The Morgan fingerprint density at radius 1 is 1.19 bits per heavy atom. The van der Waals surface area contributed by atoms with E-state index in [-0.39, 0.29) is 10.8 Å². The summed E-state index contributed by atoms with van der Waals surface area (Å²) in [5.41, 5.74) is 3.33. The lowest BCUT2D eigenvalue weighted by molar-refractivity contribution is 0.244. The Labute approximate surface area is 217 Å². The normalized spacial score (nSPS) is 14.2. The number of urea groups is 1. The van der Waals surface area contributed by atoms with Crippen LogP contribution in [0.2, 0.25) is 0 Å². The highest BCUT2D eigenvalue weighted by molar-refractivity contribution is 7.99. The number of amides is 2. The maximum Gasteiger partial charge on any atom is 0.328 e. The molecule has 9 heteroatoms. The molecule has 1 unspecified atom stereocenters. The predicted octanol–water partition coefficient (Wildman–Crippen LogP) is 5.41. The maximum absolute atomic E-state index is 13.1. The van der Waals surface area contributed by atoms with Gasteiger partial charge in [0.1, 0.15) is 10.9 Å². The first kappa shape index (κ1) is 26.3. The summed E-state index contributed by atoms with van der Waals surface area (Å²) in [5, 5.41) is 3.68. The van der Waals surface area contributed by atoms with E-state index in [1.165, 1.54) is 6.07 Å². The Morgan fingerprint density at radius 3 is 2.72 bits per heavy atom. The number of H-pyrrole nitrogens is 1. The molecule has 0 spiro atoms. The van der Waals surface area contributed by atoms with Crippen LogP contribution in [0.25, 0.3) is 11.1 Å². The molecule has 2 aromatic carbocycles. The minimum Gasteiger partial charge on any atom is -0.344 e. The number of thioether (sulfide) groups is 1. The molecular formula is C27H32N4O3S2. The van der Waals surface area contributed by atoms with Gasteiger partial charge in [0.25, 0.3) is 10.0 Å². The number of nitrogens with one attached hydrogen (secondary N) is 3. The number of imidazole rings is 1. The van der Waals surface area contributed by atoms with Crippen LogP contribution < -0.4 is 10.0 Å². The van der Waals surface area contributed by atoms with E-state index in [9.17, 15) is 13.2 Å². The average Bonchev–Trinajstić information content (AvgIpc) is 3.29. The van der Waals surface area contributed by atoms with Crippen LogP contribution in [-0.2, 0) is 16.4 Å². The Morgan fingerprint density at radius 2 is 1.97 bits per heavy atom. The SMILES string of the molecule is CCCCC(C)CNC(=O)NS(=O)(=O)c1ccccc1-c1ccc(Cc2nc3c([nH]2)[C]CCS3)cc1. The fourth-order valence-corrected chi connectivity index (χ4v) is 6.10. The summed E-state index contributed by atoms with van der Waals surface area (Å²) < 4.78 is 28.3. The van der Waals surface area contributed by atoms with Crippen molar-refractivity contribution in [1.82, 2.24) is 20.0 Å². The van der Waals surface area contributed by atoms with Gasteiger partial charge in [0.2, 0.25) is 0 Å². The second-order valence-corrected chi connectivity index (χ2v) is 11.8. The zero-order chi connectivity index (χ0) is 25.5. The zero-order valence-corrected chi connectivity index (χ0v) is 22.3. The van der Waals surface area contributed by atoms with Gasteiger partial charge in [-0.25, -0.2) is 22.9 Å². The molecule has 2 radical (unpaired) electrons. The van der Waals surface area contributed by atoms with E-state index < -0.39 is 16.1 Å². The number of aromatic nitrogens is 2. The topological polar surface area (TPSA) is 104 Å². The monoisotopic (exact) mass is 524 g/mol. The van der Waals surface area contributed by atoms with Crippen molar-refractivity contribution in [3.8, 4) is 11.1 Å². The average molecular weight is 525 g/mol. The number of fused-ring (bicyclic) bond motifs is 1. The Bertz CT molecular complexity index is 1260. The largest absolute Gasteiger partial charge is 0.344 e. The van der Waals surface area contributed by atoms with Crippen LogP contribution in [0.4, 0.5) is 4.79 Å². The second kappa shape index (κ2) is 12.0. The molecule has 36 heavy (non-hydrogen) atoms. The summed E-state index contributed by atoms with van der Waals surface area (Å²) in [4.78, 5) is 20.4. The van der Waals surface area contributed by atoms with E-state index >= 15 is 0 Å². The van der Waals surface area contributed by atoms with E-state index in [1.807, 2.05) is 31.2 Å². The van der Waals surface area contributed by atoms with Crippen LogP contribution in [-0.4, -0.2) is 36.7 Å². The van der Waals surface area contributed by atoms with Crippen LogP contribution in [0.1, 0.15) is 56.6 Å². The standard InChI is InChI=1S/C27H32N4O3S2/c1-3-4-8-19(2)18-28-27(32)31-36(33,34)24-11-6-5-9-22(24)21-14-12-20(13-15-21)17-25-29-23-10-7-16-35-26(23)30-25/h5-6,9,11-15,19H,3-4,7-8,16-18H2,1-2H3,(H,29,30)(H2,28,31,32). The van der Waals surface area contributed by atoms with Crippen molar-refractivity contribution >= 4 is 27.8 Å². The lowest BCUT2D eigenvalue weighted by Gasteiger charge is -2.15. The van der Waals surface area contributed by atoms with Gasteiger partial charge in [0, 0.05) is 30.7 Å². The first-order chi connectivity index (χ1) is 17.4. The molecule has 190 valence electrons. The summed E-state index contributed by atoms with van der Waals surface area (Å²) in [5.74, 6) is 2.17. The zero-order valence-electron chi connectivity index (χ0n) is 20.6. The van der Waals surface area contributed by atoms with Crippen molar-refractivity contribution in [2.45, 2.75) is 55.9 Å². The minimum atomic E-state index is -4.05. The van der Waals surface area contributed by atoms with Gasteiger partial charge in [-0.15, -0.1) is 11.8 Å². The minimum absolute atomic E-state index is 0.0636. The van der Waals surface area contributed by atoms with Gasteiger partial charge in [0.15, 0.2) is 0 Å². The van der Waals surface area contributed by atoms with Crippen molar-refractivity contribution in [2.24, 2.45) is 5.92 Å². The third kappa shape index (κ3) is 6.70. The van der Waals surface area contributed by atoms with Gasteiger partial charge in [-0.05, 0) is 36.0 Å². The quantitative estimate of drug-likeness (QED) is 0.329. The highest BCUT2D eigenvalue weighted by Gasteiger charge is 2.22. The summed E-state index contributed by atoms with van der Waals surface area (Å²) >= 11 is 1.74. The number of hydrogen-bond acceptors (Lipinski definition) is 5. The molecule has 0 saturated heterocycles. The predicted molar refractivity (Wildman–Crippen MR) is 143 cm³/mol. The highest BCUT2D eigenvalue weighted by Crippen LogP contribution is 2.30. The first-order valence-corrected chi connectivity index (χ1v) is 14.8. The summed E-state index contributed by atoms with van der Waals surface area (Å²) in [6.07, 6.45) is 8.04. The van der Waals surface area contributed by atoms with E-state index in [2.05, 4.69) is 33.4 Å². The molecule has 1 aromatic heterocycles. The molecule has 1 aliphatic heterocycles. The van der Waals surface area contributed by atoms with E-state index in [4.69, 9.17) is 0 Å². The van der Waals surface area contributed by atoms with Crippen LogP contribution in [0.3, 0.4) is 0 Å². The molecule has 7 nitrogen and oxygen atoms in total. The van der Waals surface area contributed by atoms with Gasteiger partial charge in [-0.2, -0.15) is 0 Å². The number of nitrogens with zero attached hydrogens (tertiary/aromatic N) is 1. The molecule has 1 atom stereocenters. The van der Waals surface area contributed by atoms with Crippen molar-refractivity contribution in [3.63, 3.8) is 0 Å². The second-order valence-electron chi connectivity index (χ2n) is 9.07. The van der Waals surface area contributed by atoms with Crippen LogP contribution in [0.5, 0.6) is 0 Å². The lowest BCUT2D eigenvalue weighted by atomic mass is 10.0. The summed E-state index contributed by atoms with van der Waals surface area (Å²) in [6.45, 7) is 4.59. The molecule has 0 fully saturated rings. The lowest BCUT2D eigenvalue weighted by Crippen LogP contribution is -2.41. The first-order valence-electron chi connectivity index (χ1n) is 12.3. The molecule has 0 aliphatic carbocycles. The summed E-state index contributed by atoms with van der Waals surface area (Å²) in [6, 6.07) is 13.7. The summed E-state index contributed by atoms with van der Waals surface area (Å²) in [7, 11) is -4.05. The highest BCUT2D eigenvalue weighted by atomic mass is 32.2. The van der Waals surface area contributed by atoms with Crippen LogP contribution in [0.15, 0.2) is 58.5 Å². The van der Waals surface area contributed by atoms with Gasteiger partial charge in [-0.3, -0.25) is 0 Å². The number of aromatic amines is 1. The van der Waals surface area contributed by atoms with Crippen molar-refractivity contribution in [1.29, 1.82) is 0 Å². The number of benzene rings is 2. The molecule has 2 heterocycles. The van der Waals surface area contributed by atoms with Crippen molar-refractivity contribution in [3.05, 3.63) is 72.0 Å². The number of unbranched alkanes of at least 4 members (excludes halogenated alkanes) is 1. The van der Waals surface area contributed by atoms with Crippen LogP contribution in [0, 0.1) is 12.3 Å². The van der Waals surface area contributed by atoms with Crippen molar-refractivity contribution in [2.75, 3.05) is 12.3 Å². The molecule has 4 rings (SSSR count). The van der Waals surface area contributed by atoms with E-state index in [0.717, 1.165) is 59.1 Å².